The van der Waals surface area contributed by atoms with Crippen molar-refractivity contribution in [1.82, 2.24) is 10.0 Å². The van der Waals surface area contributed by atoms with Gasteiger partial charge in [0.05, 0.1) is 18.0 Å². The Balaban J connectivity index is 2.56. The van der Waals surface area contributed by atoms with Crippen LogP contribution < -0.4 is 10.0 Å². The monoisotopic (exact) mass is 272 g/mol. The van der Waals surface area contributed by atoms with E-state index < -0.39 is 22.0 Å². The lowest BCUT2D eigenvalue weighted by Gasteiger charge is -2.11. The highest BCUT2D eigenvalue weighted by atomic mass is 32.2. The van der Waals surface area contributed by atoms with Crippen LogP contribution in [0.2, 0.25) is 0 Å². The quantitative estimate of drug-likeness (QED) is 0.648. The number of rotatable bonds is 6. The van der Waals surface area contributed by atoms with E-state index in [0.717, 1.165) is 0 Å². The molecule has 0 saturated heterocycles. The summed E-state index contributed by atoms with van der Waals surface area (Å²) in [6.45, 7) is 1.06. The van der Waals surface area contributed by atoms with E-state index in [0.29, 0.717) is 0 Å². The average molecular weight is 272 g/mol. The van der Waals surface area contributed by atoms with Crippen molar-refractivity contribution < 1.29 is 18.3 Å². The molecule has 1 amide bonds. The van der Waals surface area contributed by atoms with Gasteiger partial charge in [-0.2, -0.15) is 0 Å². The molecule has 1 atom stereocenters. The van der Waals surface area contributed by atoms with Crippen molar-refractivity contribution in [3.63, 3.8) is 0 Å². The molecule has 0 aliphatic heterocycles. The first-order chi connectivity index (χ1) is 8.45. The highest BCUT2D eigenvalue weighted by Crippen LogP contribution is 2.06. The Kier molecular flexibility index (Phi) is 5.26. The molecule has 0 aliphatic carbocycles. The lowest BCUT2D eigenvalue weighted by Crippen LogP contribution is -2.42. The van der Waals surface area contributed by atoms with Crippen LogP contribution >= 0.6 is 0 Å². The van der Waals surface area contributed by atoms with Crippen LogP contribution in [0.1, 0.15) is 6.92 Å². The number of aliphatic hydroxyl groups excluding tert-OH is 1. The predicted molar refractivity (Wildman–Crippen MR) is 66.3 cm³/mol. The van der Waals surface area contributed by atoms with Gasteiger partial charge < -0.3 is 10.4 Å². The Bertz CT molecular complexity index is 487. The molecule has 1 aromatic rings. The van der Waals surface area contributed by atoms with E-state index in [2.05, 4.69) is 10.0 Å². The number of aliphatic hydroxyl groups is 1. The molecule has 0 unspecified atom stereocenters. The Morgan fingerprint density at radius 2 is 1.94 bits per heavy atom. The third-order valence-electron chi connectivity index (χ3n) is 2.16. The minimum Gasteiger partial charge on any atom is -0.394 e. The molecular formula is C11H16N2O4S. The summed E-state index contributed by atoms with van der Waals surface area (Å²) >= 11 is 0. The third kappa shape index (κ3) is 4.44. The minimum absolute atomic E-state index is 0.105. The fraction of sp³-hybridized carbons (Fsp3) is 0.364. The first-order valence-electron chi connectivity index (χ1n) is 5.40. The highest BCUT2D eigenvalue weighted by molar-refractivity contribution is 7.89. The molecule has 6 nitrogen and oxygen atoms in total. The zero-order valence-electron chi connectivity index (χ0n) is 9.96. The molecular weight excluding hydrogens is 256 g/mol. The van der Waals surface area contributed by atoms with Crippen molar-refractivity contribution in [3.05, 3.63) is 30.3 Å². The summed E-state index contributed by atoms with van der Waals surface area (Å²) in [5.41, 5.74) is 0. The van der Waals surface area contributed by atoms with Gasteiger partial charge in [-0.3, -0.25) is 4.79 Å². The molecule has 18 heavy (non-hydrogen) atoms. The van der Waals surface area contributed by atoms with Gasteiger partial charge in [0.25, 0.3) is 0 Å². The minimum atomic E-state index is -3.67. The zero-order chi connectivity index (χ0) is 13.6. The first-order valence-corrected chi connectivity index (χ1v) is 6.89. The van der Waals surface area contributed by atoms with E-state index in [-0.39, 0.29) is 18.0 Å². The van der Waals surface area contributed by atoms with Crippen molar-refractivity contribution in [3.8, 4) is 0 Å². The van der Waals surface area contributed by atoms with Crippen molar-refractivity contribution in [1.29, 1.82) is 0 Å². The van der Waals surface area contributed by atoms with E-state index in [1.165, 1.54) is 12.1 Å². The van der Waals surface area contributed by atoms with Crippen LogP contribution in [0, 0.1) is 0 Å². The van der Waals surface area contributed by atoms with Crippen LogP contribution in [-0.4, -0.2) is 38.6 Å². The van der Waals surface area contributed by atoms with Crippen molar-refractivity contribution >= 4 is 15.9 Å². The van der Waals surface area contributed by atoms with Crippen molar-refractivity contribution in [2.45, 2.75) is 17.9 Å². The van der Waals surface area contributed by atoms with Crippen LogP contribution in [0.3, 0.4) is 0 Å². The van der Waals surface area contributed by atoms with Gasteiger partial charge >= 0.3 is 0 Å². The lowest BCUT2D eigenvalue weighted by molar-refractivity contribution is -0.120. The summed E-state index contributed by atoms with van der Waals surface area (Å²) in [6.07, 6.45) is 0. The molecule has 0 spiro atoms. The third-order valence-corrected chi connectivity index (χ3v) is 3.57. The maximum absolute atomic E-state index is 11.8. The second-order valence-electron chi connectivity index (χ2n) is 3.79. The number of benzene rings is 1. The van der Waals surface area contributed by atoms with E-state index >= 15 is 0 Å². The van der Waals surface area contributed by atoms with Crippen LogP contribution in [-0.2, 0) is 14.8 Å². The van der Waals surface area contributed by atoms with Crippen LogP contribution in [0.25, 0.3) is 0 Å². The number of amides is 1. The molecule has 3 N–H and O–H groups in total. The number of hydrogen-bond donors (Lipinski definition) is 3. The average Bonchev–Trinajstić information content (AvgIpc) is 2.37. The van der Waals surface area contributed by atoms with Crippen molar-refractivity contribution in [2.75, 3.05) is 13.2 Å². The highest BCUT2D eigenvalue weighted by Gasteiger charge is 2.15. The standard InChI is InChI=1S/C11H16N2O4S/c1-9(8-14)13-11(15)7-12-18(16,17)10-5-3-2-4-6-10/h2-6,9,12,14H,7-8H2,1H3,(H,13,15)/t9-/m1/s1. The normalized spacial score (nSPS) is 13.0. The second-order valence-corrected chi connectivity index (χ2v) is 5.56. The Morgan fingerprint density at radius 3 is 2.50 bits per heavy atom. The summed E-state index contributed by atoms with van der Waals surface area (Å²) in [5.74, 6) is -0.490. The van der Waals surface area contributed by atoms with Gasteiger partial charge in [0.1, 0.15) is 0 Å². The van der Waals surface area contributed by atoms with Gasteiger partial charge in [-0.25, -0.2) is 13.1 Å². The smallest absolute Gasteiger partial charge is 0.241 e. The molecule has 0 bridgehead atoms. The van der Waals surface area contributed by atoms with E-state index in [1.807, 2.05) is 0 Å². The van der Waals surface area contributed by atoms with Crippen LogP contribution in [0.15, 0.2) is 35.2 Å². The molecule has 0 saturated carbocycles. The molecule has 0 aromatic heterocycles. The molecule has 100 valence electrons. The van der Waals surface area contributed by atoms with Crippen LogP contribution in [0.5, 0.6) is 0 Å². The molecule has 1 aromatic carbocycles. The molecule has 1 rings (SSSR count). The number of sulfonamides is 1. The number of hydrogen-bond acceptors (Lipinski definition) is 4. The Morgan fingerprint density at radius 1 is 1.33 bits per heavy atom. The summed E-state index contributed by atoms with van der Waals surface area (Å²) in [4.78, 5) is 11.4. The fourth-order valence-electron chi connectivity index (χ4n) is 1.22. The van der Waals surface area contributed by atoms with E-state index in [9.17, 15) is 13.2 Å². The van der Waals surface area contributed by atoms with E-state index in [1.54, 1.807) is 25.1 Å². The zero-order valence-corrected chi connectivity index (χ0v) is 10.8. The molecule has 0 fully saturated rings. The van der Waals surface area contributed by atoms with Gasteiger partial charge in [0.15, 0.2) is 0 Å². The molecule has 7 heteroatoms. The number of carbonyl (C=O) groups is 1. The van der Waals surface area contributed by atoms with Crippen LogP contribution in [0.4, 0.5) is 0 Å². The van der Waals surface area contributed by atoms with Gasteiger partial charge in [-0.15, -0.1) is 0 Å². The fourth-order valence-corrected chi connectivity index (χ4v) is 2.22. The predicted octanol–water partition coefficient (Wildman–Crippen LogP) is -0.538. The number of carbonyl (C=O) groups excluding carboxylic acids is 1. The maximum atomic E-state index is 11.8. The maximum Gasteiger partial charge on any atom is 0.241 e. The summed E-state index contributed by atoms with van der Waals surface area (Å²) < 4.78 is 25.7. The summed E-state index contributed by atoms with van der Waals surface area (Å²) in [6, 6.07) is 7.38. The second kappa shape index (κ2) is 6.48. The van der Waals surface area contributed by atoms with Gasteiger partial charge in [0, 0.05) is 6.04 Å². The van der Waals surface area contributed by atoms with Gasteiger partial charge in [0.2, 0.25) is 15.9 Å². The van der Waals surface area contributed by atoms with E-state index in [4.69, 9.17) is 5.11 Å². The SMILES string of the molecule is C[C@H](CO)NC(=O)CNS(=O)(=O)c1ccccc1. The number of nitrogens with one attached hydrogen (secondary N) is 2. The Labute approximate surface area is 106 Å². The first kappa shape index (κ1) is 14.6. The molecule has 0 radical (unpaired) electrons. The Hall–Kier alpha value is -1.44. The van der Waals surface area contributed by atoms with Gasteiger partial charge in [-0.05, 0) is 19.1 Å². The largest absolute Gasteiger partial charge is 0.394 e. The lowest BCUT2D eigenvalue weighted by atomic mass is 10.3. The molecule has 0 aliphatic rings. The molecule has 0 heterocycles. The van der Waals surface area contributed by atoms with Crippen molar-refractivity contribution in [2.24, 2.45) is 0 Å². The summed E-state index contributed by atoms with van der Waals surface area (Å²) in [5, 5.41) is 11.2. The van der Waals surface area contributed by atoms with Gasteiger partial charge in [-0.1, -0.05) is 18.2 Å². The topological polar surface area (TPSA) is 95.5 Å². The summed E-state index contributed by atoms with van der Waals surface area (Å²) in [7, 11) is -3.67.